The van der Waals surface area contributed by atoms with Gasteiger partial charge in [0.25, 0.3) is 0 Å². The summed E-state index contributed by atoms with van der Waals surface area (Å²) in [7, 11) is 5.26. The second-order valence-electron chi connectivity index (χ2n) is 6.15. The van der Waals surface area contributed by atoms with Crippen LogP contribution >= 0.6 is 0 Å². The molecule has 0 aliphatic heterocycles. The molecule has 0 aromatic heterocycles. The molecule has 0 saturated carbocycles. The lowest BCUT2D eigenvalue weighted by molar-refractivity contribution is 0.186. The topological polar surface area (TPSA) is 66.3 Å². The molecule has 1 unspecified atom stereocenters. The summed E-state index contributed by atoms with van der Waals surface area (Å²) in [4.78, 5) is 6.61. The van der Waals surface area contributed by atoms with Crippen molar-refractivity contribution in [2.45, 2.75) is 19.6 Å². The van der Waals surface area contributed by atoms with Gasteiger partial charge in [0.05, 0.1) is 26.9 Å². The lowest BCUT2D eigenvalue weighted by atomic mass is 10.1. The molecule has 0 radical (unpaired) electrons. The molecule has 0 heterocycles. The number of aliphatic hydroxyl groups is 1. The largest absolute Gasteiger partial charge is 0.497 e. The minimum atomic E-state index is -0.677. The number of ether oxygens (including phenoxy) is 2. The van der Waals surface area contributed by atoms with Gasteiger partial charge in [0, 0.05) is 25.7 Å². The highest BCUT2D eigenvalue weighted by atomic mass is 16.5. The molecule has 2 aromatic rings. The minimum Gasteiger partial charge on any atom is -0.497 e. The maximum atomic E-state index is 10.4. The molecule has 0 spiro atoms. The first-order chi connectivity index (χ1) is 13.1. The van der Waals surface area contributed by atoms with E-state index in [4.69, 9.17) is 9.47 Å². The Hall–Kier alpha value is -2.73. The number of rotatable bonds is 8. The average Bonchev–Trinajstić information content (AvgIpc) is 2.71. The van der Waals surface area contributed by atoms with Crippen molar-refractivity contribution in [1.82, 2.24) is 10.2 Å². The number of benzene rings is 2. The summed E-state index contributed by atoms with van der Waals surface area (Å²) in [5, 5.41) is 13.7. The fourth-order valence-corrected chi connectivity index (χ4v) is 2.74. The van der Waals surface area contributed by atoms with E-state index in [9.17, 15) is 5.11 Å². The fourth-order valence-electron chi connectivity index (χ4n) is 2.74. The molecule has 0 amide bonds. The van der Waals surface area contributed by atoms with Gasteiger partial charge in [-0.05, 0) is 30.7 Å². The van der Waals surface area contributed by atoms with Gasteiger partial charge in [0.1, 0.15) is 11.5 Å². The Morgan fingerprint density at radius 1 is 1.11 bits per heavy atom. The number of nitrogens with zero attached hydrogens (tertiary/aromatic N) is 2. The maximum Gasteiger partial charge on any atom is 0.194 e. The third-order valence-corrected chi connectivity index (χ3v) is 4.21. The van der Waals surface area contributed by atoms with Gasteiger partial charge >= 0.3 is 0 Å². The van der Waals surface area contributed by atoms with E-state index in [0.717, 1.165) is 35.1 Å². The predicted octanol–water partition coefficient (Wildman–Crippen LogP) is 2.83. The molecule has 2 rings (SSSR count). The molecule has 0 bridgehead atoms. The minimum absolute atomic E-state index is 0.269. The Kier molecular flexibility index (Phi) is 7.95. The van der Waals surface area contributed by atoms with Crippen LogP contribution in [0.5, 0.6) is 11.5 Å². The summed E-state index contributed by atoms with van der Waals surface area (Å²) in [6, 6.07) is 15.3. The van der Waals surface area contributed by atoms with Gasteiger partial charge in [-0.25, -0.2) is 0 Å². The molecule has 0 aliphatic carbocycles. The zero-order chi connectivity index (χ0) is 19.6. The van der Waals surface area contributed by atoms with Crippen LogP contribution in [0.1, 0.15) is 24.2 Å². The summed E-state index contributed by atoms with van der Waals surface area (Å²) in [5.41, 5.74) is 1.88. The van der Waals surface area contributed by atoms with Gasteiger partial charge < -0.3 is 24.8 Å². The molecule has 0 saturated heterocycles. The lowest BCUT2D eigenvalue weighted by Gasteiger charge is -2.23. The summed E-state index contributed by atoms with van der Waals surface area (Å²) in [6.07, 6.45) is -0.677. The molecule has 2 aromatic carbocycles. The molecule has 6 heteroatoms. The smallest absolute Gasteiger partial charge is 0.194 e. The highest BCUT2D eigenvalue weighted by Crippen LogP contribution is 2.20. The van der Waals surface area contributed by atoms with Gasteiger partial charge in [0.2, 0.25) is 0 Å². The molecular formula is C21H29N3O3. The van der Waals surface area contributed by atoms with Crippen molar-refractivity contribution in [2.75, 3.05) is 34.4 Å². The van der Waals surface area contributed by atoms with Crippen molar-refractivity contribution in [1.29, 1.82) is 0 Å². The molecule has 146 valence electrons. The van der Waals surface area contributed by atoms with Crippen LogP contribution in [0.25, 0.3) is 0 Å². The Labute approximate surface area is 161 Å². The van der Waals surface area contributed by atoms with Crippen molar-refractivity contribution >= 4 is 5.96 Å². The van der Waals surface area contributed by atoms with Gasteiger partial charge in [-0.2, -0.15) is 0 Å². The highest BCUT2D eigenvalue weighted by molar-refractivity contribution is 5.79. The zero-order valence-corrected chi connectivity index (χ0v) is 16.5. The second kappa shape index (κ2) is 10.4. The number of aliphatic imine (C=N–C) groups is 1. The summed E-state index contributed by atoms with van der Waals surface area (Å²) >= 11 is 0. The van der Waals surface area contributed by atoms with Crippen LogP contribution in [-0.2, 0) is 6.54 Å². The van der Waals surface area contributed by atoms with E-state index in [0.29, 0.717) is 6.54 Å². The van der Waals surface area contributed by atoms with E-state index in [2.05, 4.69) is 10.3 Å². The molecule has 27 heavy (non-hydrogen) atoms. The average molecular weight is 371 g/mol. The van der Waals surface area contributed by atoms with Gasteiger partial charge in [-0.3, -0.25) is 4.99 Å². The van der Waals surface area contributed by atoms with Crippen molar-refractivity contribution in [3.63, 3.8) is 0 Å². The van der Waals surface area contributed by atoms with Crippen molar-refractivity contribution < 1.29 is 14.6 Å². The van der Waals surface area contributed by atoms with Crippen LogP contribution in [0.3, 0.4) is 0 Å². The van der Waals surface area contributed by atoms with Gasteiger partial charge in [-0.1, -0.05) is 30.3 Å². The van der Waals surface area contributed by atoms with Crippen molar-refractivity contribution in [2.24, 2.45) is 4.99 Å². The van der Waals surface area contributed by atoms with Crippen LogP contribution in [0.2, 0.25) is 0 Å². The monoisotopic (exact) mass is 371 g/mol. The Balaban J connectivity index is 2.07. The summed E-state index contributed by atoms with van der Waals surface area (Å²) < 4.78 is 10.6. The van der Waals surface area contributed by atoms with E-state index >= 15 is 0 Å². The molecular weight excluding hydrogens is 342 g/mol. The van der Waals surface area contributed by atoms with Crippen LogP contribution < -0.4 is 14.8 Å². The number of methoxy groups -OCH3 is 2. The van der Waals surface area contributed by atoms with E-state index < -0.39 is 6.10 Å². The predicted molar refractivity (Wildman–Crippen MR) is 108 cm³/mol. The summed E-state index contributed by atoms with van der Waals surface area (Å²) in [6.45, 7) is 3.68. The number of para-hydroxylation sites is 1. The quantitative estimate of drug-likeness (QED) is 0.552. The van der Waals surface area contributed by atoms with E-state index in [-0.39, 0.29) is 6.54 Å². The number of aliphatic hydroxyl groups excluding tert-OH is 1. The molecule has 6 nitrogen and oxygen atoms in total. The van der Waals surface area contributed by atoms with E-state index in [1.807, 2.05) is 67.4 Å². The third-order valence-electron chi connectivity index (χ3n) is 4.21. The van der Waals surface area contributed by atoms with Crippen LogP contribution in [0.15, 0.2) is 53.5 Å². The SMILES string of the molecule is CCNC(=NCC(O)c1ccc(OC)cc1)N(C)Cc1ccccc1OC. The first-order valence-electron chi connectivity index (χ1n) is 9.02. The molecule has 0 aliphatic rings. The van der Waals surface area contributed by atoms with Crippen LogP contribution in [0.4, 0.5) is 0 Å². The normalized spacial score (nSPS) is 12.4. The lowest BCUT2D eigenvalue weighted by Crippen LogP contribution is -2.38. The number of guanidine groups is 1. The van der Waals surface area contributed by atoms with Gasteiger partial charge in [0.15, 0.2) is 5.96 Å². The highest BCUT2D eigenvalue weighted by Gasteiger charge is 2.12. The van der Waals surface area contributed by atoms with Gasteiger partial charge in [-0.15, -0.1) is 0 Å². The first-order valence-corrected chi connectivity index (χ1v) is 9.02. The van der Waals surface area contributed by atoms with E-state index in [1.165, 1.54) is 0 Å². The number of nitrogens with one attached hydrogen (secondary N) is 1. The Morgan fingerprint density at radius 2 is 1.81 bits per heavy atom. The van der Waals surface area contributed by atoms with Crippen molar-refractivity contribution in [3.8, 4) is 11.5 Å². The first kappa shape index (κ1) is 20.6. The Bertz CT molecular complexity index is 732. The van der Waals surface area contributed by atoms with Crippen LogP contribution in [0, 0.1) is 0 Å². The molecule has 2 N–H and O–H groups in total. The molecule has 0 fully saturated rings. The number of hydrogen-bond acceptors (Lipinski definition) is 4. The Morgan fingerprint density at radius 3 is 2.44 bits per heavy atom. The third kappa shape index (κ3) is 5.89. The zero-order valence-electron chi connectivity index (χ0n) is 16.5. The number of hydrogen-bond donors (Lipinski definition) is 2. The van der Waals surface area contributed by atoms with Crippen molar-refractivity contribution in [3.05, 3.63) is 59.7 Å². The molecule has 1 atom stereocenters. The standard InChI is InChI=1S/C21H29N3O3/c1-5-22-21(24(2)15-17-8-6-7-9-20(17)27-4)23-14-19(25)16-10-12-18(26-3)13-11-16/h6-13,19,25H,5,14-15H2,1-4H3,(H,22,23). The fraction of sp³-hybridized carbons (Fsp3) is 0.381. The maximum absolute atomic E-state index is 10.4. The summed E-state index contributed by atoms with van der Waals surface area (Å²) in [5.74, 6) is 2.34. The second-order valence-corrected chi connectivity index (χ2v) is 6.15. The van der Waals surface area contributed by atoms with E-state index in [1.54, 1.807) is 14.2 Å². The van der Waals surface area contributed by atoms with Crippen LogP contribution in [-0.4, -0.2) is 50.3 Å².